The van der Waals surface area contributed by atoms with Gasteiger partial charge in [0.05, 0.1) is 5.69 Å². The summed E-state index contributed by atoms with van der Waals surface area (Å²) < 4.78 is 0. The number of benzene rings is 1. The van der Waals surface area contributed by atoms with E-state index < -0.39 is 0 Å². The van der Waals surface area contributed by atoms with Crippen molar-refractivity contribution in [3.63, 3.8) is 0 Å². The lowest BCUT2D eigenvalue weighted by Gasteiger charge is -2.09. The molecule has 2 rings (SSSR count). The molecule has 2 heteroatoms. The molecule has 15 heavy (non-hydrogen) atoms. The molecule has 0 fully saturated rings. The van der Waals surface area contributed by atoms with Crippen molar-refractivity contribution in [3.8, 4) is 11.3 Å². The molecule has 0 radical (unpaired) electrons. The molecule has 0 bridgehead atoms. The Balaban J connectivity index is 2.63. The first kappa shape index (κ1) is 9.71. The number of aryl methyl sites for hydroxylation is 1. The Morgan fingerprint density at radius 2 is 1.93 bits per heavy atom. The van der Waals surface area contributed by atoms with Crippen molar-refractivity contribution in [1.82, 2.24) is 4.98 Å². The normalized spacial score (nSPS) is 10.3. The third-order valence-electron chi connectivity index (χ3n) is 2.53. The number of hydrogen-bond donors (Lipinski definition) is 1. The molecule has 0 atom stereocenters. The van der Waals surface area contributed by atoms with E-state index in [1.54, 1.807) is 6.20 Å². The van der Waals surface area contributed by atoms with Crippen molar-refractivity contribution in [2.24, 2.45) is 0 Å². The highest BCUT2D eigenvalue weighted by Crippen LogP contribution is 2.26. The van der Waals surface area contributed by atoms with Gasteiger partial charge in [0.2, 0.25) is 0 Å². The van der Waals surface area contributed by atoms with Crippen LogP contribution in [0.4, 0.5) is 5.69 Å². The van der Waals surface area contributed by atoms with Gasteiger partial charge >= 0.3 is 0 Å². The molecule has 0 amide bonds. The molecule has 0 saturated carbocycles. The number of nitrogens with zero attached hydrogens (tertiary/aromatic N) is 1. The zero-order chi connectivity index (χ0) is 10.8. The Kier molecular flexibility index (Phi) is 2.42. The van der Waals surface area contributed by atoms with Gasteiger partial charge in [-0.05, 0) is 49.2 Å². The monoisotopic (exact) mass is 198 g/mol. The molecular formula is C13H14N2. The zero-order valence-electron chi connectivity index (χ0n) is 8.99. The molecule has 76 valence electrons. The fraction of sp³-hybridized carbons (Fsp3) is 0.154. The van der Waals surface area contributed by atoms with E-state index in [0.717, 1.165) is 22.5 Å². The van der Waals surface area contributed by atoms with Crippen LogP contribution in [0, 0.1) is 13.8 Å². The van der Waals surface area contributed by atoms with E-state index in [2.05, 4.69) is 11.1 Å². The van der Waals surface area contributed by atoms with E-state index in [1.165, 1.54) is 5.56 Å². The van der Waals surface area contributed by atoms with Crippen molar-refractivity contribution in [2.75, 3.05) is 5.73 Å². The molecule has 0 saturated heterocycles. The summed E-state index contributed by atoms with van der Waals surface area (Å²) in [6.07, 6.45) is 1.80. The van der Waals surface area contributed by atoms with Crippen LogP contribution in [0.5, 0.6) is 0 Å². The maximum absolute atomic E-state index is 5.93. The summed E-state index contributed by atoms with van der Waals surface area (Å²) in [4.78, 5) is 4.34. The Morgan fingerprint density at radius 3 is 2.60 bits per heavy atom. The lowest BCUT2D eigenvalue weighted by atomic mass is 10.0. The number of hydrogen-bond acceptors (Lipinski definition) is 2. The van der Waals surface area contributed by atoms with Crippen LogP contribution in [0.1, 0.15) is 11.1 Å². The van der Waals surface area contributed by atoms with Gasteiger partial charge < -0.3 is 5.73 Å². The van der Waals surface area contributed by atoms with Gasteiger partial charge in [0, 0.05) is 17.4 Å². The number of aromatic nitrogens is 1. The molecule has 0 aliphatic carbocycles. The van der Waals surface area contributed by atoms with Crippen LogP contribution in [-0.2, 0) is 0 Å². The highest BCUT2D eigenvalue weighted by atomic mass is 14.7. The molecule has 2 aromatic rings. The van der Waals surface area contributed by atoms with Crippen LogP contribution < -0.4 is 5.73 Å². The number of pyridine rings is 1. The highest BCUT2D eigenvalue weighted by molar-refractivity contribution is 5.71. The molecular weight excluding hydrogens is 184 g/mol. The molecule has 0 spiro atoms. The lowest BCUT2D eigenvalue weighted by molar-refractivity contribution is 1.29. The Hall–Kier alpha value is -1.83. The predicted octanol–water partition coefficient (Wildman–Crippen LogP) is 2.95. The lowest BCUT2D eigenvalue weighted by Crippen LogP contribution is -1.94. The first-order chi connectivity index (χ1) is 7.18. The first-order valence-corrected chi connectivity index (χ1v) is 4.96. The molecule has 0 aliphatic heterocycles. The molecule has 2 nitrogen and oxygen atoms in total. The topological polar surface area (TPSA) is 38.9 Å². The second kappa shape index (κ2) is 3.73. The summed E-state index contributed by atoms with van der Waals surface area (Å²) in [6, 6.07) is 10.0. The Morgan fingerprint density at radius 1 is 1.13 bits per heavy atom. The highest BCUT2D eigenvalue weighted by Gasteiger charge is 2.05. The van der Waals surface area contributed by atoms with Crippen molar-refractivity contribution in [2.45, 2.75) is 13.8 Å². The molecule has 1 aromatic carbocycles. The summed E-state index contributed by atoms with van der Waals surface area (Å²) in [5.74, 6) is 0. The second-order valence-corrected chi connectivity index (χ2v) is 3.74. The van der Waals surface area contributed by atoms with Gasteiger partial charge in [0.25, 0.3) is 0 Å². The maximum Gasteiger partial charge on any atom is 0.0705 e. The third-order valence-corrected chi connectivity index (χ3v) is 2.53. The van der Waals surface area contributed by atoms with Crippen LogP contribution >= 0.6 is 0 Å². The second-order valence-electron chi connectivity index (χ2n) is 3.74. The van der Waals surface area contributed by atoms with Crippen molar-refractivity contribution in [1.29, 1.82) is 0 Å². The van der Waals surface area contributed by atoms with E-state index in [1.807, 2.05) is 38.1 Å². The SMILES string of the molecule is Cc1cc(N)c(C)c(-c2ccccn2)c1. The number of anilines is 1. The van der Waals surface area contributed by atoms with E-state index in [4.69, 9.17) is 5.73 Å². The summed E-state index contributed by atoms with van der Waals surface area (Å²) >= 11 is 0. The average Bonchev–Trinajstić information content (AvgIpc) is 2.24. The zero-order valence-corrected chi connectivity index (χ0v) is 8.99. The van der Waals surface area contributed by atoms with Gasteiger partial charge in [0.1, 0.15) is 0 Å². The molecule has 0 aliphatic rings. The van der Waals surface area contributed by atoms with Gasteiger partial charge in [-0.1, -0.05) is 6.07 Å². The van der Waals surface area contributed by atoms with Crippen molar-refractivity contribution >= 4 is 5.69 Å². The van der Waals surface area contributed by atoms with Crippen LogP contribution in [0.3, 0.4) is 0 Å². The fourth-order valence-electron chi connectivity index (χ4n) is 1.67. The van der Waals surface area contributed by atoms with E-state index >= 15 is 0 Å². The average molecular weight is 198 g/mol. The Labute approximate surface area is 89.8 Å². The summed E-state index contributed by atoms with van der Waals surface area (Å²) in [5, 5.41) is 0. The van der Waals surface area contributed by atoms with Crippen LogP contribution in [0.25, 0.3) is 11.3 Å². The van der Waals surface area contributed by atoms with Crippen LogP contribution in [0.2, 0.25) is 0 Å². The molecule has 0 unspecified atom stereocenters. The number of rotatable bonds is 1. The minimum Gasteiger partial charge on any atom is -0.398 e. The van der Waals surface area contributed by atoms with Crippen molar-refractivity contribution < 1.29 is 0 Å². The first-order valence-electron chi connectivity index (χ1n) is 4.96. The van der Waals surface area contributed by atoms with E-state index in [9.17, 15) is 0 Å². The predicted molar refractivity (Wildman–Crippen MR) is 63.6 cm³/mol. The maximum atomic E-state index is 5.93. The van der Waals surface area contributed by atoms with Gasteiger partial charge in [0.15, 0.2) is 0 Å². The van der Waals surface area contributed by atoms with Crippen molar-refractivity contribution in [3.05, 3.63) is 47.7 Å². The molecule has 2 N–H and O–H groups in total. The number of nitrogen functional groups attached to an aromatic ring is 1. The minimum atomic E-state index is 0.829. The van der Waals surface area contributed by atoms with Gasteiger partial charge in [-0.25, -0.2) is 0 Å². The van der Waals surface area contributed by atoms with Crippen LogP contribution in [-0.4, -0.2) is 4.98 Å². The smallest absolute Gasteiger partial charge is 0.0705 e. The standard InChI is InChI=1S/C13H14N2/c1-9-7-11(10(2)12(14)8-9)13-5-3-4-6-15-13/h3-8H,14H2,1-2H3. The summed E-state index contributed by atoms with van der Waals surface area (Å²) in [7, 11) is 0. The van der Waals surface area contributed by atoms with E-state index in [0.29, 0.717) is 0 Å². The summed E-state index contributed by atoms with van der Waals surface area (Å²) in [6.45, 7) is 4.07. The third kappa shape index (κ3) is 1.84. The Bertz CT molecular complexity index is 475. The quantitative estimate of drug-likeness (QED) is 0.715. The summed E-state index contributed by atoms with van der Waals surface area (Å²) in [5.41, 5.74) is 11.1. The van der Waals surface area contributed by atoms with Crippen LogP contribution in [0.15, 0.2) is 36.5 Å². The molecule has 1 heterocycles. The van der Waals surface area contributed by atoms with E-state index in [-0.39, 0.29) is 0 Å². The van der Waals surface area contributed by atoms with Gasteiger partial charge in [-0.15, -0.1) is 0 Å². The van der Waals surface area contributed by atoms with Gasteiger partial charge in [-0.2, -0.15) is 0 Å². The number of nitrogens with two attached hydrogens (primary N) is 1. The largest absolute Gasteiger partial charge is 0.398 e. The van der Waals surface area contributed by atoms with Gasteiger partial charge in [-0.3, -0.25) is 4.98 Å². The fourth-order valence-corrected chi connectivity index (χ4v) is 1.67. The minimum absolute atomic E-state index is 0.829. The molecule has 1 aromatic heterocycles.